The molecule has 1 atom stereocenters. The smallest absolute Gasteiger partial charge is 0.370 e. The second-order valence-corrected chi connectivity index (χ2v) is 8.34. The van der Waals surface area contributed by atoms with Crippen LogP contribution in [0.5, 0.6) is 5.75 Å². The van der Waals surface area contributed by atoms with Crippen LogP contribution in [0.25, 0.3) is 10.8 Å². The van der Waals surface area contributed by atoms with Gasteiger partial charge in [0.15, 0.2) is 0 Å². The molecule has 0 spiro atoms. The summed E-state index contributed by atoms with van der Waals surface area (Å²) in [5.41, 5.74) is -5.21. The number of hydrogen-bond donors (Lipinski definition) is 1. The molecule has 2 aromatic rings. The van der Waals surface area contributed by atoms with Crippen molar-refractivity contribution < 1.29 is 38.9 Å². The molecule has 1 saturated heterocycles. The highest BCUT2D eigenvalue weighted by atomic mass is 32.3. The molecule has 136 valence electrons. The van der Waals surface area contributed by atoms with Crippen molar-refractivity contribution in [1.82, 2.24) is 4.13 Å². The summed E-state index contributed by atoms with van der Waals surface area (Å²) in [4.78, 5) is 0. The molecule has 1 fully saturated rings. The van der Waals surface area contributed by atoms with Gasteiger partial charge in [0.25, 0.3) is 0 Å². The predicted molar refractivity (Wildman–Crippen MR) is 80.3 cm³/mol. The van der Waals surface area contributed by atoms with E-state index in [0.717, 1.165) is 5.39 Å². The van der Waals surface area contributed by atoms with Gasteiger partial charge in [-0.3, -0.25) is 0 Å². The van der Waals surface area contributed by atoms with Gasteiger partial charge in [0, 0.05) is 0 Å². The third kappa shape index (κ3) is 3.86. The van der Waals surface area contributed by atoms with Gasteiger partial charge < -0.3 is 8.92 Å². The fraction of sp³-hybridized carbons (Fsp3) is 0.231. The number of sulfonamides is 1. The lowest BCUT2D eigenvalue weighted by Gasteiger charge is -2.12. The number of alkyl halides is 3. The lowest BCUT2D eigenvalue weighted by atomic mass is 10.0. The minimum atomic E-state index is -6.12. The second-order valence-electron chi connectivity index (χ2n) is 5.13. The molecule has 1 unspecified atom stereocenters. The first kappa shape index (κ1) is 17.9. The number of benzene rings is 2. The summed E-state index contributed by atoms with van der Waals surface area (Å²) in [6.45, 7) is 0.404. The van der Waals surface area contributed by atoms with E-state index in [1.165, 1.54) is 12.1 Å². The van der Waals surface area contributed by atoms with Crippen LogP contribution in [0, 0.1) is 0 Å². The number of hydrogen-bond acceptors (Lipinski definition) is 6. The topological polar surface area (TPSA) is 102 Å². The molecular formula is C13H10F3NO6S2. The molecule has 0 radical (unpaired) electrons. The Morgan fingerprint density at radius 3 is 2.36 bits per heavy atom. The van der Waals surface area contributed by atoms with E-state index in [1.807, 2.05) is 0 Å². The maximum atomic E-state index is 12.3. The highest BCUT2D eigenvalue weighted by Crippen LogP contribution is 2.38. The zero-order valence-corrected chi connectivity index (χ0v) is 13.8. The molecule has 1 N–H and O–H groups in total. The van der Waals surface area contributed by atoms with Gasteiger partial charge in [-0.2, -0.15) is 21.6 Å². The van der Waals surface area contributed by atoms with Crippen molar-refractivity contribution in [3.63, 3.8) is 0 Å². The molecule has 1 aliphatic heterocycles. The summed E-state index contributed by atoms with van der Waals surface area (Å²) >= 11 is 0. The van der Waals surface area contributed by atoms with Gasteiger partial charge in [-0.25, -0.2) is 8.42 Å². The molecule has 0 aliphatic carbocycles. The summed E-state index contributed by atoms with van der Waals surface area (Å²) in [7, 11) is -11.4. The Hall–Kier alpha value is -1.89. The Labute approximate surface area is 140 Å². The van der Waals surface area contributed by atoms with E-state index in [4.69, 9.17) is 4.74 Å². The summed E-state index contributed by atoms with van der Waals surface area (Å²) in [5.74, 6) is -0.339. The molecule has 12 heteroatoms. The molecule has 25 heavy (non-hydrogen) atoms. The Balaban J connectivity index is 1.95. The van der Waals surface area contributed by atoms with E-state index in [2.05, 4.69) is 4.18 Å². The lowest BCUT2D eigenvalue weighted by Crippen LogP contribution is -2.42. The summed E-state index contributed by atoms with van der Waals surface area (Å²) in [6, 6.07) is 9.37. The number of nitrogens with one attached hydrogen (secondary N) is 1. The van der Waals surface area contributed by atoms with Crippen molar-refractivity contribution in [2.75, 3.05) is 6.61 Å². The molecule has 0 aromatic heterocycles. The highest BCUT2D eigenvalue weighted by molar-refractivity contribution is 8.03. The zero-order valence-electron chi connectivity index (χ0n) is 12.1. The van der Waals surface area contributed by atoms with Crippen molar-refractivity contribution in [1.29, 1.82) is 0 Å². The number of rotatable bonds is 5. The van der Waals surface area contributed by atoms with E-state index >= 15 is 0 Å². The van der Waals surface area contributed by atoms with E-state index in [1.54, 1.807) is 24.3 Å². The quantitative estimate of drug-likeness (QED) is 0.774. The van der Waals surface area contributed by atoms with Crippen molar-refractivity contribution in [2.45, 2.75) is 11.6 Å². The van der Waals surface area contributed by atoms with Crippen LogP contribution in [0.15, 0.2) is 36.4 Å². The average molecular weight is 397 g/mol. The zero-order chi connectivity index (χ0) is 18.5. The number of fused-ring (bicyclic) bond motifs is 1. The summed E-state index contributed by atoms with van der Waals surface area (Å²) in [5, 5.41) is 1.31. The fourth-order valence-electron chi connectivity index (χ4n) is 2.18. The maximum Gasteiger partial charge on any atom is 0.512 e. The molecule has 0 amide bonds. The standard InChI is InChI=1S/C13H10F3NO6S2/c14-13(15,16)24(18,19)17-25(20,21)23-9-5-8-3-1-2-4-10(8)11(6-9)12-7-22-12/h1-6,12,17H,7H2. The maximum absolute atomic E-state index is 12.3. The van der Waals surface area contributed by atoms with Gasteiger partial charge in [-0.1, -0.05) is 28.4 Å². The molecule has 0 saturated carbocycles. The first-order valence-corrected chi connectivity index (χ1v) is 9.56. The monoisotopic (exact) mass is 397 g/mol. The van der Waals surface area contributed by atoms with Crippen LogP contribution in [-0.2, 0) is 25.1 Å². The van der Waals surface area contributed by atoms with Gasteiger partial charge in [0.2, 0.25) is 0 Å². The summed E-state index contributed by atoms with van der Waals surface area (Å²) in [6.07, 6.45) is -0.289. The van der Waals surface area contributed by atoms with Crippen molar-refractivity contribution in [2.24, 2.45) is 0 Å². The number of halogens is 3. The van der Waals surface area contributed by atoms with Gasteiger partial charge >= 0.3 is 25.8 Å². The predicted octanol–water partition coefficient (Wildman–Crippen LogP) is 1.97. The van der Waals surface area contributed by atoms with Crippen LogP contribution in [0.1, 0.15) is 11.7 Å². The molecule has 1 aliphatic rings. The molecule has 0 bridgehead atoms. The van der Waals surface area contributed by atoms with E-state index in [0.29, 0.717) is 21.7 Å². The second kappa shape index (κ2) is 5.83. The highest BCUT2D eigenvalue weighted by Gasteiger charge is 2.49. The van der Waals surface area contributed by atoms with Crippen LogP contribution in [0.2, 0.25) is 0 Å². The third-order valence-corrected chi connectivity index (χ3v) is 5.99. The van der Waals surface area contributed by atoms with Gasteiger partial charge in [-0.15, -0.1) is 0 Å². The minimum absolute atomic E-state index is 0.289. The molecule has 3 rings (SSSR count). The van der Waals surface area contributed by atoms with E-state index in [-0.39, 0.29) is 11.9 Å². The fourth-order valence-corrected chi connectivity index (χ4v) is 4.12. The largest absolute Gasteiger partial charge is 0.512 e. The van der Waals surface area contributed by atoms with Crippen molar-refractivity contribution in [3.05, 3.63) is 42.0 Å². The Morgan fingerprint density at radius 2 is 1.76 bits per heavy atom. The molecule has 7 nitrogen and oxygen atoms in total. The van der Waals surface area contributed by atoms with Crippen LogP contribution in [0.3, 0.4) is 0 Å². The van der Waals surface area contributed by atoms with E-state index in [9.17, 15) is 30.0 Å². The molecular weight excluding hydrogens is 387 g/mol. The van der Waals surface area contributed by atoms with Gasteiger partial charge in [0.1, 0.15) is 11.9 Å². The third-order valence-electron chi connectivity index (χ3n) is 3.27. The Kier molecular flexibility index (Phi) is 4.18. The Morgan fingerprint density at radius 1 is 1.12 bits per heavy atom. The van der Waals surface area contributed by atoms with Crippen molar-refractivity contribution in [3.8, 4) is 5.75 Å². The van der Waals surface area contributed by atoms with Gasteiger partial charge in [0.05, 0.1) is 6.61 Å². The van der Waals surface area contributed by atoms with Crippen molar-refractivity contribution >= 4 is 31.1 Å². The normalized spacial score (nSPS) is 18.3. The lowest BCUT2D eigenvalue weighted by molar-refractivity contribution is -0.0442. The van der Waals surface area contributed by atoms with Crippen LogP contribution in [-0.4, -0.2) is 29.0 Å². The first-order chi connectivity index (χ1) is 11.5. The SMILES string of the molecule is O=S(=O)(NS(=O)(=O)C(F)(F)F)Oc1cc(C2CO2)c2ccccc2c1. The minimum Gasteiger partial charge on any atom is -0.370 e. The summed E-state index contributed by atoms with van der Waals surface area (Å²) < 4.78 is 92.2. The molecule has 2 aromatic carbocycles. The van der Waals surface area contributed by atoms with Crippen LogP contribution < -0.4 is 8.31 Å². The number of ether oxygens (including phenoxy) is 1. The number of epoxide rings is 1. The van der Waals surface area contributed by atoms with Gasteiger partial charge in [-0.05, 0) is 28.5 Å². The Bertz CT molecular complexity index is 1030. The average Bonchev–Trinajstić information content (AvgIpc) is 3.28. The molecule has 1 heterocycles. The first-order valence-electron chi connectivity index (χ1n) is 6.67. The van der Waals surface area contributed by atoms with E-state index < -0.39 is 25.8 Å². The van der Waals surface area contributed by atoms with Crippen LogP contribution in [0.4, 0.5) is 13.2 Å². The van der Waals surface area contributed by atoms with Crippen LogP contribution >= 0.6 is 0 Å².